The smallest absolute Gasteiger partial charge is 0.307 e. The van der Waals surface area contributed by atoms with Gasteiger partial charge in [-0.2, -0.15) is 4.98 Å². The number of nitrogens with zero attached hydrogens (tertiary/aromatic N) is 2. The van der Waals surface area contributed by atoms with Crippen molar-refractivity contribution in [2.45, 2.75) is 57.3 Å². The van der Waals surface area contributed by atoms with E-state index in [-0.39, 0.29) is 5.92 Å². The van der Waals surface area contributed by atoms with Crippen LogP contribution < -0.4 is 0 Å². The van der Waals surface area contributed by atoms with Gasteiger partial charge in [0.1, 0.15) is 0 Å². The summed E-state index contributed by atoms with van der Waals surface area (Å²) in [7, 11) is 0. The fourth-order valence-electron chi connectivity index (χ4n) is 3.44. The first kappa shape index (κ1) is 14.3. The van der Waals surface area contributed by atoms with E-state index in [2.05, 4.69) is 17.1 Å². The molecule has 1 heterocycles. The second kappa shape index (κ2) is 6.00. The quantitative estimate of drug-likeness (QED) is 0.862. The summed E-state index contributed by atoms with van der Waals surface area (Å²) >= 11 is 0. The summed E-state index contributed by atoms with van der Waals surface area (Å²) in [5.74, 6) is 1.02. The molecule has 0 aliphatic heterocycles. The highest BCUT2D eigenvalue weighted by Gasteiger charge is 2.34. The van der Waals surface area contributed by atoms with Gasteiger partial charge < -0.3 is 9.63 Å². The number of carboxylic acid groups (broad SMARTS) is 1. The lowest BCUT2D eigenvalue weighted by Crippen LogP contribution is -2.23. The first-order valence-electron chi connectivity index (χ1n) is 7.86. The monoisotopic (exact) mass is 290 g/mol. The van der Waals surface area contributed by atoms with Crippen LogP contribution in [0.2, 0.25) is 0 Å². The van der Waals surface area contributed by atoms with E-state index in [9.17, 15) is 9.90 Å². The van der Waals surface area contributed by atoms with Gasteiger partial charge in [0.05, 0.1) is 11.8 Å². The maximum atomic E-state index is 11.4. The van der Waals surface area contributed by atoms with Gasteiger partial charge in [-0.25, -0.2) is 0 Å². The summed E-state index contributed by atoms with van der Waals surface area (Å²) in [5.41, 5.74) is 0. The molecule has 2 aliphatic rings. The van der Waals surface area contributed by atoms with Gasteiger partial charge in [-0.05, 0) is 31.6 Å². The molecule has 0 bridgehead atoms. The highest BCUT2D eigenvalue weighted by Crippen LogP contribution is 2.37. The average Bonchev–Trinajstić information content (AvgIpc) is 2.97. The Morgan fingerprint density at radius 3 is 2.67 bits per heavy atom. The average molecular weight is 290 g/mol. The minimum atomic E-state index is -0.782. The van der Waals surface area contributed by atoms with Crippen LogP contribution in [0.4, 0.5) is 0 Å². The molecule has 2 aliphatic carbocycles. The maximum absolute atomic E-state index is 11.4. The van der Waals surface area contributed by atoms with E-state index in [1.54, 1.807) is 0 Å². The van der Waals surface area contributed by atoms with Gasteiger partial charge >= 0.3 is 5.97 Å². The number of hydrogen-bond acceptors (Lipinski definition) is 4. The van der Waals surface area contributed by atoms with Gasteiger partial charge in [-0.3, -0.25) is 4.79 Å². The molecule has 2 atom stereocenters. The fourth-order valence-corrected chi connectivity index (χ4v) is 3.44. The second-order valence-electron chi connectivity index (χ2n) is 6.44. The molecule has 1 aromatic heterocycles. The molecule has 2 unspecified atom stereocenters. The van der Waals surface area contributed by atoms with Gasteiger partial charge in [0.25, 0.3) is 0 Å². The normalized spacial score (nSPS) is 33.0. The Bertz CT molecular complexity index is 529. The molecule has 1 N–H and O–H groups in total. The fraction of sp³-hybridized carbons (Fsp3) is 0.688. The number of allylic oxidation sites excluding steroid dienone is 2. The van der Waals surface area contributed by atoms with Crippen LogP contribution in [0.5, 0.6) is 0 Å². The number of aliphatic carboxylic acids is 1. The summed E-state index contributed by atoms with van der Waals surface area (Å²) < 4.78 is 5.41. The van der Waals surface area contributed by atoms with Crippen LogP contribution in [-0.4, -0.2) is 21.2 Å². The zero-order chi connectivity index (χ0) is 14.8. The minimum Gasteiger partial charge on any atom is -0.481 e. The lowest BCUT2D eigenvalue weighted by Gasteiger charge is -2.23. The van der Waals surface area contributed by atoms with Crippen molar-refractivity contribution in [2.24, 2.45) is 11.8 Å². The Morgan fingerprint density at radius 1 is 1.24 bits per heavy atom. The van der Waals surface area contributed by atoms with Crippen LogP contribution in [0.1, 0.15) is 69.0 Å². The molecule has 0 radical (unpaired) electrons. The van der Waals surface area contributed by atoms with Gasteiger partial charge in [0.15, 0.2) is 5.82 Å². The van der Waals surface area contributed by atoms with E-state index < -0.39 is 11.9 Å². The van der Waals surface area contributed by atoms with Gasteiger partial charge in [-0.15, -0.1) is 0 Å². The predicted molar refractivity (Wildman–Crippen MR) is 76.9 cm³/mol. The number of carbonyl (C=O) groups is 1. The Morgan fingerprint density at radius 2 is 1.95 bits per heavy atom. The molecule has 0 amide bonds. The van der Waals surface area contributed by atoms with Crippen molar-refractivity contribution < 1.29 is 14.4 Å². The summed E-state index contributed by atoms with van der Waals surface area (Å²) in [6, 6.07) is 0. The van der Waals surface area contributed by atoms with Crippen LogP contribution in [0.25, 0.3) is 0 Å². The van der Waals surface area contributed by atoms with Crippen LogP contribution in [0, 0.1) is 11.8 Å². The first-order valence-corrected chi connectivity index (χ1v) is 7.86. The Balaban J connectivity index is 1.75. The molecule has 5 nitrogen and oxygen atoms in total. The molecule has 3 rings (SSSR count). The van der Waals surface area contributed by atoms with Gasteiger partial charge in [0, 0.05) is 5.92 Å². The highest BCUT2D eigenvalue weighted by atomic mass is 16.5. The largest absolute Gasteiger partial charge is 0.481 e. The molecule has 1 saturated carbocycles. The van der Waals surface area contributed by atoms with E-state index in [0.717, 1.165) is 24.6 Å². The SMILES string of the molecule is CC1CCC(c2noc(C3CC=CCC3C(=O)O)n2)CC1. The standard InChI is InChI=1S/C16H22N2O3/c1-10-6-8-11(9-7-10)14-17-15(21-18-14)12-4-2-3-5-13(12)16(19)20/h2-3,10-13H,4-9H2,1H3,(H,19,20). The second-order valence-corrected chi connectivity index (χ2v) is 6.44. The Kier molecular flexibility index (Phi) is 4.08. The lowest BCUT2D eigenvalue weighted by molar-refractivity contribution is -0.142. The van der Waals surface area contributed by atoms with Crippen LogP contribution in [-0.2, 0) is 4.79 Å². The van der Waals surface area contributed by atoms with Crippen LogP contribution >= 0.6 is 0 Å². The zero-order valence-corrected chi connectivity index (χ0v) is 12.4. The number of hydrogen-bond donors (Lipinski definition) is 1. The van der Waals surface area contributed by atoms with Crippen molar-refractivity contribution in [3.63, 3.8) is 0 Å². The summed E-state index contributed by atoms with van der Waals surface area (Å²) in [4.78, 5) is 15.9. The topological polar surface area (TPSA) is 76.2 Å². The van der Waals surface area contributed by atoms with Crippen molar-refractivity contribution in [2.75, 3.05) is 0 Å². The van der Waals surface area contributed by atoms with E-state index in [4.69, 9.17) is 4.52 Å². The lowest BCUT2D eigenvalue weighted by atomic mass is 9.82. The maximum Gasteiger partial charge on any atom is 0.307 e. The summed E-state index contributed by atoms with van der Waals surface area (Å²) in [5, 5.41) is 13.5. The molecule has 21 heavy (non-hydrogen) atoms. The number of aromatic nitrogens is 2. The predicted octanol–water partition coefficient (Wildman–Crippen LogP) is 3.50. The molecular formula is C16H22N2O3. The third-order valence-corrected chi connectivity index (χ3v) is 4.91. The Labute approximate surface area is 124 Å². The minimum absolute atomic E-state index is 0.184. The Hall–Kier alpha value is -1.65. The van der Waals surface area contributed by atoms with E-state index >= 15 is 0 Å². The van der Waals surface area contributed by atoms with Crippen LogP contribution in [0.15, 0.2) is 16.7 Å². The molecular weight excluding hydrogens is 268 g/mol. The first-order chi connectivity index (χ1) is 10.1. The molecule has 0 aromatic carbocycles. The molecule has 1 fully saturated rings. The third kappa shape index (κ3) is 3.01. The number of carboxylic acids is 1. The van der Waals surface area contributed by atoms with Gasteiger partial charge in [-0.1, -0.05) is 37.1 Å². The van der Waals surface area contributed by atoms with Crippen LogP contribution in [0.3, 0.4) is 0 Å². The van der Waals surface area contributed by atoms with Crippen molar-refractivity contribution in [3.05, 3.63) is 23.9 Å². The summed E-state index contributed by atoms with van der Waals surface area (Å²) in [6.07, 6.45) is 9.77. The zero-order valence-electron chi connectivity index (χ0n) is 12.4. The van der Waals surface area contributed by atoms with Crippen molar-refractivity contribution in [1.29, 1.82) is 0 Å². The summed E-state index contributed by atoms with van der Waals surface area (Å²) in [6.45, 7) is 2.28. The van der Waals surface area contributed by atoms with Crippen molar-refractivity contribution in [1.82, 2.24) is 10.1 Å². The van der Waals surface area contributed by atoms with Crippen molar-refractivity contribution >= 4 is 5.97 Å². The van der Waals surface area contributed by atoms with Gasteiger partial charge in [0.2, 0.25) is 5.89 Å². The third-order valence-electron chi connectivity index (χ3n) is 4.91. The van der Waals surface area contributed by atoms with E-state index in [0.29, 0.717) is 24.7 Å². The molecule has 0 spiro atoms. The number of rotatable bonds is 3. The molecule has 0 saturated heterocycles. The molecule has 114 valence electrons. The molecule has 1 aromatic rings. The highest BCUT2D eigenvalue weighted by molar-refractivity contribution is 5.71. The van der Waals surface area contributed by atoms with E-state index in [1.807, 2.05) is 12.2 Å². The van der Waals surface area contributed by atoms with Crippen molar-refractivity contribution in [3.8, 4) is 0 Å². The van der Waals surface area contributed by atoms with E-state index in [1.165, 1.54) is 12.8 Å². The molecule has 5 heteroatoms.